The second-order valence-electron chi connectivity index (χ2n) is 3.97. The molecule has 3 nitrogen and oxygen atoms in total. The summed E-state index contributed by atoms with van der Waals surface area (Å²) in [6, 6.07) is 8.08. The first-order valence-corrected chi connectivity index (χ1v) is 7.05. The Morgan fingerprint density at radius 2 is 2.06 bits per heavy atom. The van der Waals surface area contributed by atoms with Gasteiger partial charge in [0, 0.05) is 22.4 Å². The number of hydrogen-bond donors (Lipinski definition) is 2. The van der Waals surface area contributed by atoms with Gasteiger partial charge in [0.05, 0.1) is 12.7 Å². The molecule has 0 heterocycles. The number of unbranched alkanes of at least 4 members (excludes halogenated alkanes) is 1. The third-order valence-electron chi connectivity index (χ3n) is 2.34. The van der Waals surface area contributed by atoms with Crippen molar-refractivity contribution in [3.8, 4) is 0 Å². The number of ether oxygens (including phenoxy) is 1. The molecular weight excluding hydrogens is 329 g/mol. The number of nitrogens with one attached hydrogen (secondary N) is 1. The topological polar surface area (TPSA) is 41.5 Å². The monoisotopic (exact) mass is 349 g/mol. The molecule has 1 atom stereocenters. The number of benzene rings is 1. The van der Waals surface area contributed by atoms with E-state index in [0.717, 1.165) is 25.1 Å². The van der Waals surface area contributed by atoms with Crippen LogP contribution in [0.4, 0.5) is 5.69 Å². The lowest BCUT2D eigenvalue weighted by Gasteiger charge is -2.13. The zero-order chi connectivity index (χ0) is 12.5. The molecule has 0 aliphatic carbocycles. The van der Waals surface area contributed by atoms with Crippen LogP contribution in [0.15, 0.2) is 24.3 Å². The maximum atomic E-state index is 9.68. The summed E-state index contributed by atoms with van der Waals surface area (Å²) in [5.41, 5.74) is 1.03. The zero-order valence-electron chi connectivity index (χ0n) is 10.2. The molecule has 1 aromatic rings. The van der Waals surface area contributed by atoms with Gasteiger partial charge in [0.25, 0.3) is 0 Å². The highest BCUT2D eigenvalue weighted by Gasteiger charge is 2.03. The SMILES string of the molecule is CCCCOCC(O)CNc1ccc(I)cc1. The van der Waals surface area contributed by atoms with Crippen molar-refractivity contribution in [1.82, 2.24) is 0 Å². The van der Waals surface area contributed by atoms with Crippen LogP contribution in [0.1, 0.15) is 19.8 Å². The standard InChI is InChI=1S/C13H20INO2/c1-2-3-8-17-10-13(16)9-15-12-6-4-11(14)5-7-12/h4-7,13,15-16H,2-3,8-10H2,1H3. The van der Waals surface area contributed by atoms with Gasteiger partial charge in [-0.05, 0) is 53.3 Å². The predicted octanol–water partition coefficient (Wildman–Crippen LogP) is 2.88. The maximum absolute atomic E-state index is 9.68. The number of hydrogen-bond acceptors (Lipinski definition) is 3. The summed E-state index contributed by atoms with van der Waals surface area (Å²) in [5, 5.41) is 12.9. The third-order valence-corrected chi connectivity index (χ3v) is 3.06. The summed E-state index contributed by atoms with van der Waals surface area (Å²) in [7, 11) is 0. The van der Waals surface area contributed by atoms with E-state index < -0.39 is 6.10 Å². The number of aliphatic hydroxyl groups is 1. The van der Waals surface area contributed by atoms with Crippen LogP contribution in [0.2, 0.25) is 0 Å². The molecule has 0 radical (unpaired) electrons. The fourth-order valence-corrected chi connectivity index (χ4v) is 1.69. The van der Waals surface area contributed by atoms with Crippen molar-refractivity contribution in [2.75, 3.05) is 25.1 Å². The fourth-order valence-electron chi connectivity index (χ4n) is 1.33. The Hall–Kier alpha value is -0.330. The Bertz CT molecular complexity index is 303. The van der Waals surface area contributed by atoms with Crippen molar-refractivity contribution in [2.45, 2.75) is 25.9 Å². The van der Waals surface area contributed by atoms with Crippen molar-refractivity contribution < 1.29 is 9.84 Å². The molecule has 96 valence electrons. The second-order valence-corrected chi connectivity index (χ2v) is 5.22. The molecular formula is C13H20INO2. The maximum Gasteiger partial charge on any atom is 0.0945 e. The third kappa shape index (κ3) is 6.85. The van der Waals surface area contributed by atoms with Crippen LogP contribution in [0.3, 0.4) is 0 Å². The summed E-state index contributed by atoms with van der Waals surface area (Å²) >= 11 is 2.27. The van der Waals surface area contributed by atoms with E-state index in [0.29, 0.717) is 13.2 Å². The molecule has 1 aromatic carbocycles. The summed E-state index contributed by atoms with van der Waals surface area (Å²) < 4.78 is 6.56. The lowest BCUT2D eigenvalue weighted by molar-refractivity contribution is 0.0422. The van der Waals surface area contributed by atoms with Gasteiger partial charge in [-0.25, -0.2) is 0 Å². The van der Waals surface area contributed by atoms with E-state index in [-0.39, 0.29) is 0 Å². The summed E-state index contributed by atoms with van der Waals surface area (Å²) in [6.45, 7) is 3.78. The average molecular weight is 349 g/mol. The lowest BCUT2D eigenvalue weighted by atomic mass is 10.3. The van der Waals surface area contributed by atoms with Gasteiger partial charge in [-0.1, -0.05) is 13.3 Å². The molecule has 0 saturated carbocycles. The molecule has 0 amide bonds. The quantitative estimate of drug-likeness (QED) is 0.560. The van der Waals surface area contributed by atoms with Crippen molar-refractivity contribution >= 4 is 28.3 Å². The summed E-state index contributed by atoms with van der Waals surface area (Å²) in [6.07, 6.45) is 1.72. The lowest BCUT2D eigenvalue weighted by Crippen LogP contribution is -2.25. The van der Waals surface area contributed by atoms with Crippen molar-refractivity contribution in [2.24, 2.45) is 0 Å². The van der Waals surface area contributed by atoms with Crippen LogP contribution < -0.4 is 5.32 Å². The summed E-state index contributed by atoms with van der Waals surface area (Å²) in [5.74, 6) is 0. The minimum atomic E-state index is -0.453. The van der Waals surface area contributed by atoms with E-state index in [1.54, 1.807) is 0 Å². The Balaban J connectivity index is 2.14. The summed E-state index contributed by atoms with van der Waals surface area (Å²) in [4.78, 5) is 0. The highest BCUT2D eigenvalue weighted by molar-refractivity contribution is 14.1. The number of aliphatic hydroxyl groups excluding tert-OH is 1. The molecule has 1 rings (SSSR count). The Morgan fingerprint density at radius 1 is 1.35 bits per heavy atom. The smallest absolute Gasteiger partial charge is 0.0945 e. The van der Waals surface area contributed by atoms with E-state index in [2.05, 4.69) is 34.8 Å². The van der Waals surface area contributed by atoms with Crippen LogP contribution in [0.25, 0.3) is 0 Å². The molecule has 0 aromatic heterocycles. The van der Waals surface area contributed by atoms with E-state index in [1.807, 2.05) is 24.3 Å². The zero-order valence-corrected chi connectivity index (χ0v) is 12.3. The van der Waals surface area contributed by atoms with Crippen LogP contribution in [0.5, 0.6) is 0 Å². The first-order valence-electron chi connectivity index (χ1n) is 5.97. The fraction of sp³-hybridized carbons (Fsp3) is 0.538. The van der Waals surface area contributed by atoms with Gasteiger partial charge in [0.1, 0.15) is 0 Å². The first kappa shape index (κ1) is 14.7. The molecule has 1 unspecified atom stereocenters. The van der Waals surface area contributed by atoms with Gasteiger partial charge >= 0.3 is 0 Å². The number of anilines is 1. The first-order chi connectivity index (χ1) is 8.22. The van der Waals surface area contributed by atoms with Crippen LogP contribution in [-0.2, 0) is 4.74 Å². The molecule has 4 heteroatoms. The average Bonchev–Trinajstić information content (AvgIpc) is 2.34. The van der Waals surface area contributed by atoms with Crippen LogP contribution in [-0.4, -0.2) is 31.0 Å². The van der Waals surface area contributed by atoms with Gasteiger partial charge in [0.2, 0.25) is 0 Å². The van der Waals surface area contributed by atoms with Gasteiger partial charge in [-0.15, -0.1) is 0 Å². The van der Waals surface area contributed by atoms with E-state index in [9.17, 15) is 5.11 Å². The Kier molecular flexibility index (Phi) is 7.55. The predicted molar refractivity (Wildman–Crippen MR) is 79.4 cm³/mol. The van der Waals surface area contributed by atoms with Crippen molar-refractivity contribution in [3.63, 3.8) is 0 Å². The molecule has 0 bridgehead atoms. The molecule has 0 aliphatic rings. The van der Waals surface area contributed by atoms with Crippen molar-refractivity contribution in [3.05, 3.63) is 27.8 Å². The largest absolute Gasteiger partial charge is 0.389 e. The molecule has 0 aliphatic heterocycles. The van der Waals surface area contributed by atoms with Crippen LogP contribution >= 0.6 is 22.6 Å². The van der Waals surface area contributed by atoms with Gasteiger partial charge < -0.3 is 15.2 Å². The van der Waals surface area contributed by atoms with E-state index in [1.165, 1.54) is 3.57 Å². The molecule has 2 N–H and O–H groups in total. The van der Waals surface area contributed by atoms with Gasteiger partial charge in [0.15, 0.2) is 0 Å². The Morgan fingerprint density at radius 3 is 2.71 bits per heavy atom. The highest BCUT2D eigenvalue weighted by atomic mass is 127. The number of rotatable bonds is 8. The molecule has 17 heavy (non-hydrogen) atoms. The molecule has 0 spiro atoms. The van der Waals surface area contributed by atoms with Crippen LogP contribution in [0, 0.1) is 3.57 Å². The van der Waals surface area contributed by atoms with E-state index in [4.69, 9.17) is 4.74 Å². The minimum absolute atomic E-state index is 0.400. The van der Waals surface area contributed by atoms with E-state index >= 15 is 0 Å². The van der Waals surface area contributed by atoms with Crippen molar-refractivity contribution in [1.29, 1.82) is 0 Å². The van der Waals surface area contributed by atoms with Gasteiger partial charge in [-0.2, -0.15) is 0 Å². The molecule has 0 saturated heterocycles. The normalized spacial score (nSPS) is 12.4. The minimum Gasteiger partial charge on any atom is -0.389 e. The second kappa shape index (κ2) is 8.72. The number of halogens is 1. The molecule has 0 fully saturated rings. The Labute approximate surface area is 117 Å². The highest BCUT2D eigenvalue weighted by Crippen LogP contribution is 2.10. The van der Waals surface area contributed by atoms with Gasteiger partial charge in [-0.3, -0.25) is 0 Å².